The molecule has 2 fully saturated rings. The van der Waals surface area contributed by atoms with E-state index in [9.17, 15) is 19.2 Å². The van der Waals surface area contributed by atoms with Crippen LogP contribution < -0.4 is 9.64 Å². The van der Waals surface area contributed by atoms with Crippen LogP contribution in [0.2, 0.25) is 0 Å². The Morgan fingerprint density at radius 1 is 1.03 bits per heavy atom. The fraction of sp³-hybridized carbons (Fsp3) is 0.346. The number of Topliss-reactive ketones (excluding diaryl/α,β-unsaturated/α-hetero) is 1. The first-order chi connectivity index (χ1) is 17.4. The second-order valence-corrected chi connectivity index (χ2v) is 8.96. The highest BCUT2D eigenvalue weighted by molar-refractivity contribution is 5.97. The molecule has 1 atom stereocenters. The van der Waals surface area contributed by atoms with Crippen molar-refractivity contribution in [2.75, 3.05) is 44.2 Å². The lowest BCUT2D eigenvalue weighted by Crippen LogP contribution is -2.52. The number of ketones is 1. The smallest absolute Gasteiger partial charge is 0.415 e. The van der Waals surface area contributed by atoms with Crippen molar-refractivity contribution >= 4 is 29.4 Å². The fourth-order valence-corrected chi connectivity index (χ4v) is 4.60. The molecule has 0 aliphatic carbocycles. The summed E-state index contributed by atoms with van der Waals surface area (Å²) >= 11 is 0. The summed E-state index contributed by atoms with van der Waals surface area (Å²) < 4.78 is 10.5. The van der Waals surface area contributed by atoms with E-state index in [0.717, 1.165) is 5.56 Å². The predicted molar refractivity (Wildman–Crippen MR) is 127 cm³/mol. The maximum Gasteiger partial charge on any atom is 0.415 e. The molecule has 0 N–H and O–H groups in total. The van der Waals surface area contributed by atoms with Gasteiger partial charge < -0.3 is 14.4 Å². The van der Waals surface area contributed by atoms with Crippen molar-refractivity contribution in [3.8, 4) is 11.8 Å². The van der Waals surface area contributed by atoms with Crippen molar-refractivity contribution in [1.29, 1.82) is 5.26 Å². The number of nitriles is 1. The molecule has 184 valence electrons. The summed E-state index contributed by atoms with van der Waals surface area (Å²) in [4.78, 5) is 54.5. The number of benzene rings is 2. The van der Waals surface area contributed by atoms with Crippen molar-refractivity contribution in [2.24, 2.45) is 0 Å². The van der Waals surface area contributed by atoms with Crippen LogP contribution in [0, 0.1) is 11.3 Å². The monoisotopic (exact) mass is 488 g/mol. The van der Waals surface area contributed by atoms with Gasteiger partial charge in [0.15, 0.2) is 11.9 Å². The van der Waals surface area contributed by atoms with Gasteiger partial charge >= 0.3 is 12.1 Å². The second kappa shape index (κ2) is 9.79. The molecule has 3 aliphatic rings. The first-order valence-electron chi connectivity index (χ1n) is 11.8. The third kappa shape index (κ3) is 4.78. The molecule has 2 aromatic carbocycles. The topological polar surface area (TPSA) is 120 Å². The molecule has 3 aliphatic heterocycles. The van der Waals surface area contributed by atoms with Crippen LogP contribution in [0.25, 0.3) is 0 Å². The lowest BCUT2D eigenvalue weighted by molar-refractivity contribution is -0.140. The summed E-state index contributed by atoms with van der Waals surface area (Å²) in [5, 5.41) is 8.93. The van der Waals surface area contributed by atoms with E-state index in [0.29, 0.717) is 61.7 Å². The Labute approximate surface area is 207 Å². The number of hydrogen-bond donors (Lipinski definition) is 0. The summed E-state index contributed by atoms with van der Waals surface area (Å²) in [6.45, 7) is 2.86. The number of anilines is 1. The maximum atomic E-state index is 13.0. The van der Waals surface area contributed by atoms with Gasteiger partial charge in [-0.05, 0) is 30.3 Å². The zero-order valence-corrected chi connectivity index (χ0v) is 19.5. The lowest BCUT2D eigenvalue weighted by atomic mass is 10.0. The second-order valence-electron chi connectivity index (χ2n) is 8.96. The average Bonchev–Trinajstić information content (AvgIpc) is 3.48. The standard InChI is InChI=1S/C26H24N4O6/c27-15-17-1-5-20(6-2-17)30-16-23(36-26(30)34)25(33)29-11-9-28(10-12-29)8-7-21(31)18-3-4-19-14-24(32)35-22(19)13-18/h1-6,13,23H,7-12,14,16H2. The van der Waals surface area contributed by atoms with Crippen LogP contribution in [0.5, 0.6) is 5.75 Å². The Hall–Kier alpha value is -4.23. The maximum absolute atomic E-state index is 13.0. The zero-order valence-electron chi connectivity index (χ0n) is 19.5. The summed E-state index contributed by atoms with van der Waals surface area (Å²) in [7, 11) is 0. The van der Waals surface area contributed by atoms with Crippen molar-refractivity contribution in [3.05, 3.63) is 59.2 Å². The molecule has 3 heterocycles. The Kier molecular flexibility index (Phi) is 6.40. The highest BCUT2D eigenvalue weighted by Gasteiger charge is 2.39. The van der Waals surface area contributed by atoms with Gasteiger partial charge in [0.1, 0.15) is 5.75 Å². The number of ether oxygens (including phenoxy) is 2. The third-order valence-electron chi connectivity index (χ3n) is 6.68. The molecule has 5 rings (SSSR count). The Morgan fingerprint density at radius 2 is 1.78 bits per heavy atom. The summed E-state index contributed by atoms with van der Waals surface area (Å²) in [5.41, 5.74) is 2.37. The molecular weight excluding hydrogens is 464 g/mol. The quantitative estimate of drug-likeness (QED) is 0.343. The van der Waals surface area contributed by atoms with E-state index in [1.165, 1.54) is 4.90 Å². The summed E-state index contributed by atoms with van der Waals surface area (Å²) in [6.07, 6.45) is -0.910. The molecule has 0 spiro atoms. The number of carbonyl (C=O) groups excluding carboxylic acids is 4. The van der Waals surface area contributed by atoms with Gasteiger partial charge in [-0.3, -0.25) is 24.2 Å². The molecule has 36 heavy (non-hydrogen) atoms. The molecule has 10 heteroatoms. The molecule has 10 nitrogen and oxygen atoms in total. The number of amides is 2. The van der Waals surface area contributed by atoms with Crippen LogP contribution in [-0.4, -0.2) is 78.9 Å². The minimum absolute atomic E-state index is 0.0278. The number of cyclic esters (lactones) is 1. The van der Waals surface area contributed by atoms with Gasteiger partial charge in [0, 0.05) is 56.0 Å². The SMILES string of the molecule is N#Cc1ccc(N2CC(C(=O)N3CCN(CCC(=O)c4ccc5c(c4)OC(=O)C5)CC3)OC2=O)cc1. The normalized spacial score (nSPS) is 19.5. The van der Waals surface area contributed by atoms with Gasteiger partial charge in [-0.25, -0.2) is 4.79 Å². The minimum Gasteiger partial charge on any atom is -0.434 e. The molecule has 0 aromatic heterocycles. The molecule has 2 saturated heterocycles. The van der Waals surface area contributed by atoms with Crippen LogP contribution in [0.1, 0.15) is 27.9 Å². The molecule has 2 aromatic rings. The van der Waals surface area contributed by atoms with Gasteiger partial charge in [-0.2, -0.15) is 5.26 Å². The number of rotatable bonds is 6. The van der Waals surface area contributed by atoms with E-state index >= 15 is 0 Å². The number of carbonyl (C=O) groups is 4. The van der Waals surface area contributed by atoms with Crippen LogP contribution >= 0.6 is 0 Å². The van der Waals surface area contributed by atoms with Crippen LogP contribution in [0.4, 0.5) is 10.5 Å². The molecule has 0 saturated carbocycles. The molecule has 2 amide bonds. The average molecular weight is 489 g/mol. The van der Waals surface area contributed by atoms with Crippen molar-refractivity contribution in [1.82, 2.24) is 9.80 Å². The highest BCUT2D eigenvalue weighted by atomic mass is 16.6. The number of esters is 1. The molecule has 0 bridgehead atoms. The van der Waals surface area contributed by atoms with Crippen molar-refractivity contribution < 1.29 is 28.7 Å². The van der Waals surface area contributed by atoms with E-state index in [1.807, 2.05) is 6.07 Å². The van der Waals surface area contributed by atoms with Gasteiger partial charge in [-0.15, -0.1) is 0 Å². The Balaban J connectivity index is 1.09. The number of hydrogen-bond acceptors (Lipinski definition) is 8. The third-order valence-corrected chi connectivity index (χ3v) is 6.68. The number of nitrogens with zero attached hydrogens (tertiary/aromatic N) is 4. The highest BCUT2D eigenvalue weighted by Crippen LogP contribution is 2.27. The van der Waals surface area contributed by atoms with Gasteiger partial charge in [0.2, 0.25) is 0 Å². The lowest BCUT2D eigenvalue weighted by Gasteiger charge is -2.35. The van der Waals surface area contributed by atoms with E-state index in [1.54, 1.807) is 47.4 Å². The predicted octanol–water partition coefficient (Wildman–Crippen LogP) is 1.76. The zero-order chi connectivity index (χ0) is 25.2. The van der Waals surface area contributed by atoms with Gasteiger partial charge in [0.25, 0.3) is 5.91 Å². The Morgan fingerprint density at radius 3 is 2.50 bits per heavy atom. The molecule has 1 unspecified atom stereocenters. The molecular formula is C26H24N4O6. The van der Waals surface area contributed by atoms with Gasteiger partial charge in [0.05, 0.1) is 24.6 Å². The summed E-state index contributed by atoms with van der Waals surface area (Å²) in [6, 6.07) is 13.7. The Bertz CT molecular complexity index is 1260. The van der Waals surface area contributed by atoms with E-state index in [2.05, 4.69) is 4.90 Å². The molecule has 0 radical (unpaired) electrons. The largest absolute Gasteiger partial charge is 0.434 e. The summed E-state index contributed by atoms with van der Waals surface area (Å²) in [5.74, 6) is -0.109. The van der Waals surface area contributed by atoms with Crippen LogP contribution in [0.3, 0.4) is 0 Å². The van der Waals surface area contributed by atoms with Crippen molar-refractivity contribution in [3.63, 3.8) is 0 Å². The minimum atomic E-state index is -0.879. The van der Waals surface area contributed by atoms with E-state index in [-0.39, 0.29) is 30.6 Å². The first kappa shape index (κ1) is 23.5. The van der Waals surface area contributed by atoms with Gasteiger partial charge in [-0.1, -0.05) is 12.1 Å². The van der Waals surface area contributed by atoms with E-state index in [4.69, 9.17) is 14.7 Å². The van der Waals surface area contributed by atoms with E-state index < -0.39 is 12.2 Å². The number of piperazine rings is 1. The first-order valence-corrected chi connectivity index (χ1v) is 11.8. The van der Waals surface area contributed by atoms with Crippen molar-refractivity contribution in [2.45, 2.75) is 18.9 Å². The number of fused-ring (bicyclic) bond motifs is 1. The fourth-order valence-electron chi connectivity index (χ4n) is 4.60. The van der Waals surface area contributed by atoms with Crippen LogP contribution in [-0.2, 0) is 20.7 Å². The van der Waals surface area contributed by atoms with Crippen LogP contribution in [0.15, 0.2) is 42.5 Å².